The van der Waals surface area contributed by atoms with Crippen molar-refractivity contribution >= 4 is 23.2 Å². The fourth-order valence-electron chi connectivity index (χ4n) is 1.75. The third-order valence-electron chi connectivity index (χ3n) is 2.84. The molecule has 2 aromatic rings. The van der Waals surface area contributed by atoms with Crippen LogP contribution in [0, 0.1) is 13.8 Å². The van der Waals surface area contributed by atoms with E-state index in [1.807, 2.05) is 44.2 Å². The van der Waals surface area contributed by atoms with Gasteiger partial charge in [-0.05, 0) is 43.2 Å². The Bertz CT molecular complexity index is 593. The summed E-state index contributed by atoms with van der Waals surface area (Å²) in [6.07, 6.45) is 0. The average molecular weight is 260 g/mol. The minimum absolute atomic E-state index is 0.113. The minimum Gasteiger partial charge on any atom is -0.322 e. The summed E-state index contributed by atoms with van der Waals surface area (Å²) in [4.78, 5) is 12.1. The largest absolute Gasteiger partial charge is 0.322 e. The van der Waals surface area contributed by atoms with Gasteiger partial charge in [-0.25, -0.2) is 0 Å². The molecule has 0 spiro atoms. The highest BCUT2D eigenvalue weighted by atomic mass is 35.5. The first-order valence-corrected chi connectivity index (χ1v) is 6.09. The number of amides is 1. The quantitative estimate of drug-likeness (QED) is 0.860. The molecule has 2 nitrogen and oxygen atoms in total. The van der Waals surface area contributed by atoms with Crippen LogP contribution >= 0.6 is 11.6 Å². The van der Waals surface area contributed by atoms with Gasteiger partial charge in [-0.3, -0.25) is 4.79 Å². The molecule has 0 aliphatic rings. The number of carbonyl (C=O) groups is 1. The molecule has 1 N–H and O–H groups in total. The first-order chi connectivity index (χ1) is 8.58. The van der Waals surface area contributed by atoms with E-state index < -0.39 is 0 Å². The predicted octanol–water partition coefficient (Wildman–Crippen LogP) is 4.21. The SMILES string of the molecule is Cc1ccc(Cl)cc1NC(=O)c1ccccc1C. The summed E-state index contributed by atoms with van der Waals surface area (Å²) >= 11 is 5.93. The predicted molar refractivity (Wildman–Crippen MR) is 75.3 cm³/mol. The van der Waals surface area contributed by atoms with Crippen molar-refractivity contribution in [2.75, 3.05) is 5.32 Å². The molecule has 0 aromatic heterocycles. The summed E-state index contributed by atoms with van der Waals surface area (Å²) in [6.45, 7) is 3.85. The van der Waals surface area contributed by atoms with Gasteiger partial charge < -0.3 is 5.32 Å². The van der Waals surface area contributed by atoms with Gasteiger partial charge in [0.2, 0.25) is 0 Å². The second-order valence-corrected chi connectivity index (χ2v) is 4.66. The molecule has 0 saturated carbocycles. The number of halogens is 1. The van der Waals surface area contributed by atoms with Gasteiger partial charge in [0.25, 0.3) is 5.91 Å². The van der Waals surface area contributed by atoms with Gasteiger partial charge in [0.1, 0.15) is 0 Å². The van der Waals surface area contributed by atoms with E-state index in [0.717, 1.165) is 16.8 Å². The van der Waals surface area contributed by atoms with Crippen LogP contribution in [0.1, 0.15) is 21.5 Å². The van der Waals surface area contributed by atoms with E-state index in [1.54, 1.807) is 12.1 Å². The number of benzene rings is 2. The Morgan fingerprint density at radius 3 is 2.50 bits per heavy atom. The molecule has 0 heterocycles. The van der Waals surface area contributed by atoms with Crippen LogP contribution in [0.15, 0.2) is 42.5 Å². The van der Waals surface area contributed by atoms with Crippen LogP contribution in [0.5, 0.6) is 0 Å². The van der Waals surface area contributed by atoms with Crippen LogP contribution in [0.2, 0.25) is 5.02 Å². The van der Waals surface area contributed by atoms with Crippen LogP contribution in [0.3, 0.4) is 0 Å². The third kappa shape index (κ3) is 2.71. The van der Waals surface area contributed by atoms with Crippen molar-refractivity contribution in [1.82, 2.24) is 0 Å². The lowest BCUT2D eigenvalue weighted by atomic mass is 10.1. The zero-order chi connectivity index (χ0) is 13.1. The highest BCUT2D eigenvalue weighted by Gasteiger charge is 2.09. The Balaban J connectivity index is 2.27. The van der Waals surface area contributed by atoms with Crippen molar-refractivity contribution in [1.29, 1.82) is 0 Å². The topological polar surface area (TPSA) is 29.1 Å². The van der Waals surface area contributed by atoms with Crippen molar-refractivity contribution in [3.63, 3.8) is 0 Å². The monoisotopic (exact) mass is 259 g/mol. The first-order valence-electron chi connectivity index (χ1n) is 5.71. The van der Waals surface area contributed by atoms with Gasteiger partial charge in [0, 0.05) is 16.3 Å². The molecular formula is C15H14ClNO. The van der Waals surface area contributed by atoms with Crippen LogP contribution in [0.4, 0.5) is 5.69 Å². The molecule has 0 unspecified atom stereocenters. The number of carbonyl (C=O) groups excluding carboxylic acids is 1. The Hall–Kier alpha value is -1.80. The Morgan fingerprint density at radius 2 is 1.78 bits per heavy atom. The van der Waals surface area contributed by atoms with Crippen molar-refractivity contribution in [3.05, 3.63) is 64.2 Å². The molecule has 1 amide bonds. The Labute approximate surface area is 112 Å². The van der Waals surface area contributed by atoms with Gasteiger partial charge >= 0.3 is 0 Å². The highest BCUT2D eigenvalue weighted by molar-refractivity contribution is 6.31. The fourth-order valence-corrected chi connectivity index (χ4v) is 1.92. The second kappa shape index (κ2) is 5.23. The molecule has 3 heteroatoms. The number of anilines is 1. The van der Waals surface area contributed by atoms with Gasteiger partial charge in [0.05, 0.1) is 0 Å². The van der Waals surface area contributed by atoms with Crippen LogP contribution in [-0.4, -0.2) is 5.91 Å². The summed E-state index contributed by atoms with van der Waals surface area (Å²) < 4.78 is 0. The second-order valence-electron chi connectivity index (χ2n) is 4.23. The number of hydrogen-bond donors (Lipinski definition) is 1. The lowest BCUT2D eigenvalue weighted by Gasteiger charge is -2.10. The summed E-state index contributed by atoms with van der Waals surface area (Å²) in [5.74, 6) is -0.113. The molecule has 0 aliphatic carbocycles. The number of aryl methyl sites for hydroxylation is 2. The summed E-state index contributed by atoms with van der Waals surface area (Å²) in [5.41, 5.74) is 3.36. The molecule has 92 valence electrons. The molecule has 0 aliphatic heterocycles. The molecular weight excluding hydrogens is 246 g/mol. The Morgan fingerprint density at radius 1 is 1.06 bits per heavy atom. The molecule has 0 fully saturated rings. The molecule has 2 aromatic carbocycles. The lowest BCUT2D eigenvalue weighted by Crippen LogP contribution is -2.14. The summed E-state index contributed by atoms with van der Waals surface area (Å²) in [7, 11) is 0. The maximum atomic E-state index is 12.1. The van der Waals surface area contributed by atoms with E-state index in [1.165, 1.54) is 0 Å². The average Bonchev–Trinajstić information content (AvgIpc) is 2.34. The molecule has 0 radical (unpaired) electrons. The van der Waals surface area contributed by atoms with Crippen molar-refractivity contribution in [2.45, 2.75) is 13.8 Å². The molecule has 2 rings (SSSR count). The first kappa shape index (κ1) is 12.7. The van der Waals surface area contributed by atoms with E-state index in [-0.39, 0.29) is 5.91 Å². The molecule has 0 saturated heterocycles. The van der Waals surface area contributed by atoms with Crippen molar-refractivity contribution in [2.24, 2.45) is 0 Å². The number of hydrogen-bond acceptors (Lipinski definition) is 1. The number of nitrogens with one attached hydrogen (secondary N) is 1. The summed E-state index contributed by atoms with van der Waals surface area (Å²) in [6, 6.07) is 12.9. The van der Waals surface area contributed by atoms with Crippen LogP contribution in [0.25, 0.3) is 0 Å². The maximum absolute atomic E-state index is 12.1. The van der Waals surface area contributed by atoms with E-state index in [9.17, 15) is 4.79 Å². The van der Waals surface area contributed by atoms with E-state index in [2.05, 4.69) is 5.32 Å². The van der Waals surface area contributed by atoms with Crippen LogP contribution in [-0.2, 0) is 0 Å². The van der Waals surface area contributed by atoms with Crippen molar-refractivity contribution in [3.8, 4) is 0 Å². The van der Waals surface area contributed by atoms with Gasteiger partial charge in [-0.1, -0.05) is 35.9 Å². The fraction of sp³-hybridized carbons (Fsp3) is 0.133. The highest BCUT2D eigenvalue weighted by Crippen LogP contribution is 2.21. The molecule has 0 bridgehead atoms. The van der Waals surface area contributed by atoms with Gasteiger partial charge in [0.15, 0.2) is 0 Å². The lowest BCUT2D eigenvalue weighted by molar-refractivity contribution is 0.102. The van der Waals surface area contributed by atoms with Gasteiger partial charge in [-0.2, -0.15) is 0 Å². The maximum Gasteiger partial charge on any atom is 0.255 e. The smallest absolute Gasteiger partial charge is 0.255 e. The molecule has 0 atom stereocenters. The Kier molecular flexibility index (Phi) is 3.68. The van der Waals surface area contributed by atoms with Crippen LogP contribution < -0.4 is 5.32 Å². The number of rotatable bonds is 2. The van der Waals surface area contributed by atoms with E-state index >= 15 is 0 Å². The molecule has 18 heavy (non-hydrogen) atoms. The van der Waals surface area contributed by atoms with Crippen molar-refractivity contribution < 1.29 is 4.79 Å². The zero-order valence-corrected chi connectivity index (χ0v) is 11.1. The van der Waals surface area contributed by atoms with Gasteiger partial charge in [-0.15, -0.1) is 0 Å². The zero-order valence-electron chi connectivity index (χ0n) is 10.3. The van der Waals surface area contributed by atoms with E-state index in [0.29, 0.717) is 10.6 Å². The third-order valence-corrected chi connectivity index (χ3v) is 3.07. The normalized spacial score (nSPS) is 10.2. The minimum atomic E-state index is -0.113. The standard InChI is InChI=1S/C15H14ClNO/c1-10-5-3-4-6-13(10)15(18)17-14-9-12(16)8-7-11(14)2/h3-9H,1-2H3,(H,17,18). The van der Waals surface area contributed by atoms with E-state index in [4.69, 9.17) is 11.6 Å². The summed E-state index contributed by atoms with van der Waals surface area (Å²) in [5, 5.41) is 3.50.